The van der Waals surface area contributed by atoms with Crippen molar-refractivity contribution in [3.8, 4) is 22.6 Å². The van der Waals surface area contributed by atoms with Crippen LogP contribution < -0.4 is 15.6 Å². The number of para-hydroxylation sites is 1. The first kappa shape index (κ1) is 23.6. The van der Waals surface area contributed by atoms with Crippen LogP contribution in [0.3, 0.4) is 0 Å². The summed E-state index contributed by atoms with van der Waals surface area (Å²) in [5.41, 5.74) is 2.75. The zero-order valence-electron chi connectivity index (χ0n) is 20.5. The molecule has 0 aliphatic heterocycles. The van der Waals surface area contributed by atoms with Crippen LogP contribution in [0.5, 0.6) is 5.75 Å². The van der Waals surface area contributed by atoms with Gasteiger partial charge in [-0.1, -0.05) is 30.3 Å². The van der Waals surface area contributed by atoms with E-state index in [9.17, 15) is 4.79 Å². The number of anilines is 1. The minimum absolute atomic E-state index is 0.220. The van der Waals surface area contributed by atoms with Crippen molar-refractivity contribution in [2.24, 2.45) is 0 Å². The van der Waals surface area contributed by atoms with Gasteiger partial charge in [-0.15, -0.1) is 0 Å². The number of aryl methyl sites for hydroxylation is 1. The Kier molecular flexibility index (Phi) is 6.31. The number of pyridine rings is 1. The van der Waals surface area contributed by atoms with E-state index in [0.717, 1.165) is 5.56 Å². The van der Waals surface area contributed by atoms with E-state index in [1.54, 1.807) is 31.0 Å². The van der Waals surface area contributed by atoms with Crippen molar-refractivity contribution in [1.29, 1.82) is 0 Å². The summed E-state index contributed by atoms with van der Waals surface area (Å²) in [6.07, 6.45) is 4.80. The molecule has 0 saturated carbocycles. The SMILES string of the molecule is [C-]#[N+]c1cnc(C)nc1N[C@@H](C)c1nc2cccc(-c3cncc(OC)c3)c2c(=O)n1-c1ccccc1. The number of hydrogen-bond donors (Lipinski definition) is 1. The molecule has 0 saturated heterocycles. The first-order valence-corrected chi connectivity index (χ1v) is 11.6. The van der Waals surface area contributed by atoms with Gasteiger partial charge < -0.3 is 10.1 Å². The maximum absolute atomic E-state index is 14.2. The fourth-order valence-corrected chi connectivity index (χ4v) is 4.20. The van der Waals surface area contributed by atoms with Gasteiger partial charge in [0.15, 0.2) is 0 Å². The van der Waals surface area contributed by atoms with E-state index >= 15 is 0 Å². The second-order valence-electron chi connectivity index (χ2n) is 8.39. The van der Waals surface area contributed by atoms with Crippen molar-refractivity contribution >= 4 is 22.4 Å². The quantitative estimate of drug-likeness (QED) is 0.324. The Morgan fingerprint density at radius 3 is 2.62 bits per heavy atom. The molecule has 3 aromatic heterocycles. The largest absolute Gasteiger partial charge is 0.495 e. The van der Waals surface area contributed by atoms with Crippen molar-refractivity contribution in [1.82, 2.24) is 24.5 Å². The summed E-state index contributed by atoms with van der Waals surface area (Å²) in [6, 6.07) is 16.3. The topological polar surface area (TPSA) is 99.2 Å². The molecule has 5 aromatic rings. The van der Waals surface area contributed by atoms with Crippen molar-refractivity contribution in [3.05, 3.63) is 107 Å². The van der Waals surface area contributed by atoms with Gasteiger partial charge in [0.25, 0.3) is 5.56 Å². The number of nitrogens with one attached hydrogen (secondary N) is 1. The van der Waals surface area contributed by atoms with E-state index in [1.807, 2.05) is 61.5 Å². The van der Waals surface area contributed by atoms with Crippen LogP contribution in [-0.4, -0.2) is 31.6 Å². The summed E-state index contributed by atoms with van der Waals surface area (Å²) in [6.45, 7) is 11.1. The standard InChI is InChI=1S/C28H23N7O2/c1-17(32-26-24(29-3)16-31-18(2)33-26)27-34-23-12-8-11-22(19-13-21(37-4)15-30-14-19)25(23)28(36)35(27)20-9-6-5-7-10-20/h5-17H,1-2,4H3,(H,31,32,33)/t17-/m0/s1. The molecule has 3 heterocycles. The van der Waals surface area contributed by atoms with Crippen LogP contribution in [0.4, 0.5) is 11.5 Å². The Bertz CT molecular complexity index is 1710. The van der Waals surface area contributed by atoms with E-state index in [-0.39, 0.29) is 5.56 Å². The van der Waals surface area contributed by atoms with Crippen LogP contribution in [0, 0.1) is 13.5 Å². The molecule has 0 amide bonds. The second kappa shape index (κ2) is 9.87. The Morgan fingerprint density at radius 1 is 1.05 bits per heavy atom. The minimum Gasteiger partial charge on any atom is -0.495 e. The molecule has 9 heteroatoms. The first-order chi connectivity index (χ1) is 18.0. The van der Waals surface area contributed by atoms with Gasteiger partial charge in [0.2, 0.25) is 5.69 Å². The third kappa shape index (κ3) is 4.48. The predicted molar refractivity (Wildman–Crippen MR) is 142 cm³/mol. The molecule has 0 aliphatic rings. The number of methoxy groups -OCH3 is 1. The van der Waals surface area contributed by atoms with E-state index in [2.05, 4.69) is 25.1 Å². The summed E-state index contributed by atoms with van der Waals surface area (Å²) in [5.74, 6) is 2.00. The number of fused-ring (bicyclic) bond motifs is 1. The molecule has 37 heavy (non-hydrogen) atoms. The molecule has 0 radical (unpaired) electrons. The zero-order chi connectivity index (χ0) is 25.9. The fraction of sp³-hybridized carbons (Fsp3) is 0.143. The highest BCUT2D eigenvalue weighted by Crippen LogP contribution is 2.30. The Morgan fingerprint density at radius 2 is 1.86 bits per heavy atom. The van der Waals surface area contributed by atoms with Crippen LogP contribution in [0.1, 0.15) is 24.6 Å². The molecular formula is C28H23N7O2. The first-order valence-electron chi connectivity index (χ1n) is 11.6. The molecule has 1 atom stereocenters. The predicted octanol–water partition coefficient (Wildman–Crippen LogP) is 5.28. The number of benzene rings is 2. The third-order valence-electron chi connectivity index (χ3n) is 5.95. The Labute approximate surface area is 213 Å². The average Bonchev–Trinajstić information content (AvgIpc) is 2.93. The molecule has 5 rings (SSSR count). The molecule has 0 fully saturated rings. The number of rotatable bonds is 6. The molecule has 182 valence electrons. The van der Waals surface area contributed by atoms with Gasteiger partial charge in [-0.25, -0.2) is 14.8 Å². The van der Waals surface area contributed by atoms with E-state index < -0.39 is 6.04 Å². The van der Waals surface area contributed by atoms with Gasteiger partial charge in [-0.05, 0) is 43.7 Å². The second-order valence-corrected chi connectivity index (χ2v) is 8.39. The third-order valence-corrected chi connectivity index (χ3v) is 5.95. The number of hydrogen-bond acceptors (Lipinski definition) is 7. The fourth-order valence-electron chi connectivity index (χ4n) is 4.20. The van der Waals surface area contributed by atoms with Crippen molar-refractivity contribution in [3.63, 3.8) is 0 Å². The lowest BCUT2D eigenvalue weighted by molar-refractivity contribution is 0.413. The lowest BCUT2D eigenvalue weighted by Gasteiger charge is -2.21. The van der Waals surface area contributed by atoms with Gasteiger partial charge in [0.05, 0.1) is 42.5 Å². The molecule has 9 nitrogen and oxygen atoms in total. The van der Waals surface area contributed by atoms with E-state index in [1.165, 1.54) is 6.20 Å². The molecular weight excluding hydrogens is 466 g/mol. The van der Waals surface area contributed by atoms with Gasteiger partial charge in [-0.2, -0.15) is 0 Å². The van der Waals surface area contributed by atoms with Crippen molar-refractivity contribution < 1.29 is 4.74 Å². The molecule has 0 aliphatic carbocycles. The monoisotopic (exact) mass is 489 g/mol. The van der Waals surface area contributed by atoms with Gasteiger partial charge in [-0.3, -0.25) is 19.3 Å². The highest BCUT2D eigenvalue weighted by molar-refractivity contribution is 5.94. The lowest BCUT2D eigenvalue weighted by Crippen LogP contribution is -2.27. The van der Waals surface area contributed by atoms with Gasteiger partial charge in [0, 0.05) is 18.0 Å². The van der Waals surface area contributed by atoms with Gasteiger partial charge >= 0.3 is 0 Å². The van der Waals surface area contributed by atoms with Gasteiger partial charge in [0.1, 0.15) is 23.2 Å². The van der Waals surface area contributed by atoms with Crippen LogP contribution >= 0.6 is 0 Å². The smallest absolute Gasteiger partial charge is 0.266 e. The number of ether oxygens (including phenoxy) is 1. The van der Waals surface area contributed by atoms with Crippen molar-refractivity contribution in [2.75, 3.05) is 12.4 Å². The van der Waals surface area contributed by atoms with Crippen LogP contribution in [0.25, 0.3) is 32.6 Å². The number of aromatic nitrogens is 5. The summed E-state index contributed by atoms with van der Waals surface area (Å²) >= 11 is 0. The highest BCUT2D eigenvalue weighted by atomic mass is 16.5. The Hall–Kier alpha value is -5.10. The normalized spacial score (nSPS) is 11.6. The van der Waals surface area contributed by atoms with Crippen LogP contribution in [0.15, 0.2) is 78.0 Å². The maximum Gasteiger partial charge on any atom is 0.266 e. The summed E-state index contributed by atoms with van der Waals surface area (Å²) < 4.78 is 6.94. The highest BCUT2D eigenvalue weighted by Gasteiger charge is 2.21. The molecule has 0 spiro atoms. The minimum atomic E-state index is -0.464. The zero-order valence-corrected chi connectivity index (χ0v) is 20.5. The van der Waals surface area contributed by atoms with Crippen LogP contribution in [-0.2, 0) is 0 Å². The van der Waals surface area contributed by atoms with Crippen molar-refractivity contribution in [2.45, 2.75) is 19.9 Å². The average molecular weight is 490 g/mol. The maximum atomic E-state index is 14.2. The molecule has 0 unspecified atom stereocenters. The Balaban J connectivity index is 1.74. The summed E-state index contributed by atoms with van der Waals surface area (Å²) in [7, 11) is 1.58. The molecule has 2 aromatic carbocycles. The lowest BCUT2D eigenvalue weighted by atomic mass is 10.0. The molecule has 0 bridgehead atoms. The number of nitrogens with zero attached hydrogens (tertiary/aromatic N) is 6. The van der Waals surface area contributed by atoms with E-state index in [0.29, 0.717) is 51.1 Å². The molecule has 1 N–H and O–H groups in total. The van der Waals surface area contributed by atoms with E-state index in [4.69, 9.17) is 16.3 Å². The summed E-state index contributed by atoms with van der Waals surface area (Å²) in [4.78, 5) is 35.4. The van der Waals surface area contributed by atoms with Crippen LogP contribution in [0.2, 0.25) is 0 Å². The summed E-state index contributed by atoms with van der Waals surface area (Å²) in [5, 5.41) is 3.74.